The highest BCUT2D eigenvalue weighted by molar-refractivity contribution is 14.1. The number of methoxy groups -OCH3 is 1. The van der Waals surface area contributed by atoms with E-state index in [1.807, 2.05) is 17.0 Å². The fourth-order valence-corrected chi connectivity index (χ4v) is 6.74. The molecule has 2 saturated carbocycles. The Morgan fingerprint density at radius 3 is 2.50 bits per heavy atom. The maximum atomic E-state index is 13.6. The van der Waals surface area contributed by atoms with Crippen LogP contribution in [0.2, 0.25) is 0 Å². The van der Waals surface area contributed by atoms with Crippen molar-refractivity contribution in [3.8, 4) is 11.5 Å². The van der Waals surface area contributed by atoms with E-state index >= 15 is 0 Å². The highest BCUT2D eigenvalue weighted by atomic mass is 127. The molecule has 0 radical (unpaired) electrons. The third-order valence-corrected chi connectivity index (χ3v) is 8.33. The minimum atomic E-state index is -1.05. The summed E-state index contributed by atoms with van der Waals surface area (Å²) < 4.78 is 11.6. The third kappa shape index (κ3) is 6.08. The highest BCUT2D eigenvalue weighted by Crippen LogP contribution is 2.40. The number of nitrogens with zero attached hydrogens (tertiary/aromatic N) is 2. The Hall–Kier alpha value is -1.75. The molecule has 1 aromatic rings. The number of halogens is 1. The predicted molar refractivity (Wildman–Crippen MR) is 142 cm³/mol. The van der Waals surface area contributed by atoms with Gasteiger partial charge in [-0.15, -0.1) is 0 Å². The number of amides is 1. The molecule has 3 aliphatic rings. The first-order valence-electron chi connectivity index (χ1n) is 12.0. The second-order valence-electron chi connectivity index (χ2n) is 9.00. The van der Waals surface area contributed by atoms with Crippen molar-refractivity contribution in [1.82, 2.24) is 4.90 Å². The van der Waals surface area contributed by atoms with Gasteiger partial charge in [-0.3, -0.25) is 14.7 Å². The van der Waals surface area contributed by atoms with Crippen LogP contribution in [-0.4, -0.2) is 52.9 Å². The number of ether oxygens (including phenoxy) is 2. The zero-order valence-electron chi connectivity index (χ0n) is 19.4. The van der Waals surface area contributed by atoms with Crippen LogP contribution in [0, 0.1) is 3.57 Å². The van der Waals surface area contributed by atoms with Crippen LogP contribution in [0.4, 0.5) is 0 Å². The minimum absolute atomic E-state index is 0.0339. The van der Waals surface area contributed by atoms with Gasteiger partial charge in [-0.2, -0.15) is 0 Å². The Balaban J connectivity index is 1.63. The van der Waals surface area contributed by atoms with Crippen molar-refractivity contribution < 1.29 is 24.2 Å². The lowest BCUT2D eigenvalue weighted by Gasteiger charge is -2.31. The normalized spacial score (nSPS) is 22.5. The molecule has 0 atom stereocenters. The first-order chi connectivity index (χ1) is 16.5. The minimum Gasteiger partial charge on any atom is -0.493 e. The van der Waals surface area contributed by atoms with Gasteiger partial charge in [-0.1, -0.05) is 38.5 Å². The van der Waals surface area contributed by atoms with E-state index in [2.05, 4.69) is 22.6 Å². The number of amidine groups is 1. The molecule has 0 unspecified atom stereocenters. The molecule has 1 heterocycles. The second-order valence-corrected chi connectivity index (χ2v) is 11.2. The Bertz CT molecular complexity index is 984. The van der Waals surface area contributed by atoms with Crippen LogP contribution in [0.25, 0.3) is 6.08 Å². The number of benzene rings is 1. The van der Waals surface area contributed by atoms with Crippen molar-refractivity contribution in [2.24, 2.45) is 4.99 Å². The standard InChI is InChI=1S/C25H31IN2O5S/c1-32-20-13-16(12-19(26)23(20)33-15-22(29)30)14-21-24(31)28(18-10-6-3-7-11-18)25(34-21)27-17-8-4-2-5-9-17/h12-14,17-18H,2-11,15H2,1H3,(H,29,30). The third-order valence-electron chi connectivity index (χ3n) is 6.53. The molecular formula is C25H31IN2O5S. The monoisotopic (exact) mass is 598 g/mol. The smallest absolute Gasteiger partial charge is 0.341 e. The maximum Gasteiger partial charge on any atom is 0.341 e. The fourth-order valence-electron chi connectivity index (χ4n) is 4.85. The van der Waals surface area contributed by atoms with E-state index in [1.54, 1.807) is 6.07 Å². The summed E-state index contributed by atoms with van der Waals surface area (Å²) in [6.07, 6.45) is 13.4. The van der Waals surface area contributed by atoms with E-state index in [4.69, 9.17) is 19.6 Å². The Kier molecular flexibility index (Phi) is 8.79. The number of aliphatic imine (C=N–C) groups is 1. The molecular weight excluding hydrogens is 567 g/mol. The van der Waals surface area contributed by atoms with Crippen LogP contribution in [-0.2, 0) is 9.59 Å². The van der Waals surface area contributed by atoms with Gasteiger partial charge in [0, 0.05) is 6.04 Å². The van der Waals surface area contributed by atoms with Gasteiger partial charge in [0.2, 0.25) is 0 Å². The van der Waals surface area contributed by atoms with Crippen LogP contribution >= 0.6 is 34.4 Å². The van der Waals surface area contributed by atoms with E-state index in [0.29, 0.717) is 22.4 Å². The number of rotatable bonds is 7. The second kappa shape index (κ2) is 11.8. The summed E-state index contributed by atoms with van der Waals surface area (Å²) in [5.74, 6) is -0.187. The van der Waals surface area contributed by atoms with E-state index in [9.17, 15) is 9.59 Å². The molecule has 7 nitrogen and oxygen atoms in total. The van der Waals surface area contributed by atoms with Crippen LogP contribution in [0.15, 0.2) is 22.0 Å². The first-order valence-corrected chi connectivity index (χ1v) is 13.9. The Labute approximate surface area is 218 Å². The van der Waals surface area contributed by atoms with E-state index in [1.165, 1.54) is 44.6 Å². The van der Waals surface area contributed by atoms with Crippen LogP contribution in [0.1, 0.15) is 69.8 Å². The number of aliphatic carboxylic acids is 1. The maximum absolute atomic E-state index is 13.6. The summed E-state index contributed by atoms with van der Waals surface area (Å²) in [6, 6.07) is 4.19. The van der Waals surface area contributed by atoms with Gasteiger partial charge in [0.25, 0.3) is 5.91 Å². The number of hydrogen-bond donors (Lipinski definition) is 1. The van der Waals surface area contributed by atoms with Gasteiger partial charge in [0.05, 0.1) is 21.6 Å². The van der Waals surface area contributed by atoms with Gasteiger partial charge in [-0.25, -0.2) is 4.79 Å². The number of thioether (sulfide) groups is 1. The lowest BCUT2D eigenvalue weighted by atomic mass is 9.94. The molecule has 0 bridgehead atoms. The lowest BCUT2D eigenvalue weighted by Crippen LogP contribution is -2.41. The molecule has 1 aromatic carbocycles. The van der Waals surface area contributed by atoms with Gasteiger partial charge in [0.15, 0.2) is 23.3 Å². The molecule has 1 aliphatic heterocycles. The zero-order chi connectivity index (χ0) is 24.1. The van der Waals surface area contributed by atoms with E-state index < -0.39 is 12.6 Å². The summed E-state index contributed by atoms with van der Waals surface area (Å²) in [6.45, 7) is -0.446. The number of hydrogen-bond acceptors (Lipinski definition) is 6. The quantitative estimate of drug-likeness (QED) is 0.320. The number of carbonyl (C=O) groups is 2. The summed E-state index contributed by atoms with van der Waals surface area (Å²) >= 11 is 3.58. The fraction of sp³-hybridized carbons (Fsp3) is 0.560. The van der Waals surface area contributed by atoms with Gasteiger partial charge >= 0.3 is 5.97 Å². The van der Waals surface area contributed by atoms with Gasteiger partial charge in [0.1, 0.15) is 0 Å². The number of carbonyl (C=O) groups excluding carboxylic acids is 1. The molecule has 9 heteroatoms. The SMILES string of the molecule is COc1cc(C=C2SC(=NC3CCCCC3)N(C3CCCCC3)C2=O)cc(I)c1OCC(=O)O. The molecule has 0 aromatic heterocycles. The molecule has 184 valence electrons. The Morgan fingerprint density at radius 1 is 1.18 bits per heavy atom. The van der Waals surface area contributed by atoms with Crippen molar-refractivity contribution >= 4 is 57.5 Å². The zero-order valence-corrected chi connectivity index (χ0v) is 22.4. The van der Waals surface area contributed by atoms with Gasteiger partial charge in [-0.05, 0) is 83.8 Å². The van der Waals surface area contributed by atoms with Crippen molar-refractivity contribution in [1.29, 1.82) is 0 Å². The molecule has 1 saturated heterocycles. The number of carboxylic acids is 1. The molecule has 3 fully saturated rings. The summed E-state index contributed by atoms with van der Waals surface area (Å²) in [7, 11) is 1.52. The van der Waals surface area contributed by atoms with Gasteiger partial charge < -0.3 is 14.6 Å². The molecule has 1 amide bonds. The Morgan fingerprint density at radius 2 is 1.85 bits per heavy atom. The van der Waals surface area contributed by atoms with Crippen molar-refractivity contribution in [3.05, 3.63) is 26.2 Å². The topological polar surface area (TPSA) is 88.4 Å². The summed E-state index contributed by atoms with van der Waals surface area (Å²) in [4.78, 5) is 32.2. The first kappa shape index (κ1) is 25.3. The molecule has 0 spiro atoms. The summed E-state index contributed by atoms with van der Waals surface area (Å²) in [5, 5.41) is 9.80. The predicted octanol–water partition coefficient (Wildman–Crippen LogP) is 5.70. The van der Waals surface area contributed by atoms with Crippen LogP contribution in [0.3, 0.4) is 0 Å². The molecule has 1 N–H and O–H groups in total. The average molecular weight is 599 g/mol. The van der Waals surface area contributed by atoms with E-state index in [-0.39, 0.29) is 11.9 Å². The lowest BCUT2D eigenvalue weighted by molar-refractivity contribution is -0.139. The summed E-state index contributed by atoms with van der Waals surface area (Å²) in [5.41, 5.74) is 0.808. The van der Waals surface area contributed by atoms with E-state index in [0.717, 1.165) is 52.8 Å². The van der Waals surface area contributed by atoms with Crippen LogP contribution in [0.5, 0.6) is 11.5 Å². The largest absolute Gasteiger partial charge is 0.493 e. The highest BCUT2D eigenvalue weighted by Gasteiger charge is 2.39. The molecule has 2 aliphatic carbocycles. The molecule has 34 heavy (non-hydrogen) atoms. The molecule has 4 rings (SSSR count). The average Bonchev–Trinajstić information content (AvgIpc) is 3.13. The van der Waals surface area contributed by atoms with Crippen molar-refractivity contribution in [2.45, 2.75) is 76.3 Å². The van der Waals surface area contributed by atoms with Crippen molar-refractivity contribution in [3.63, 3.8) is 0 Å². The van der Waals surface area contributed by atoms with Crippen molar-refractivity contribution in [2.75, 3.05) is 13.7 Å². The number of carboxylic acid groups (broad SMARTS) is 1. The van der Waals surface area contributed by atoms with Crippen LogP contribution < -0.4 is 9.47 Å².